The van der Waals surface area contributed by atoms with Crippen LogP contribution in [0.4, 0.5) is 0 Å². The Bertz CT molecular complexity index is 3050. The molecule has 0 bridgehead atoms. The van der Waals surface area contributed by atoms with Crippen LogP contribution in [-0.2, 0) is 0 Å². The number of nitrogens with zero attached hydrogens (tertiary/aromatic N) is 3. The van der Waals surface area contributed by atoms with Gasteiger partial charge in [-0.1, -0.05) is 109 Å². The molecule has 0 N–H and O–H groups in total. The van der Waals surface area contributed by atoms with Crippen LogP contribution in [0.1, 0.15) is 5.69 Å². The standard InChI is InChI=1S/C42H24BN3/c1-23-37-31(28-21-20-24-10-2-3-11-25(24)39(28)44-23)22-36-38-42(37)46-35-19-7-5-13-27(35)30-15-9-17-33(41(30)46)43(38)32-16-8-14-29-26-12-4-6-18-34(26)45(36)40(29)32/h2-22H,1H3. The Kier molecular flexibility index (Phi) is 4.01. The summed E-state index contributed by atoms with van der Waals surface area (Å²) in [6.45, 7) is 2.33. The summed E-state index contributed by atoms with van der Waals surface area (Å²) in [6, 6.07) is 47.4. The molecule has 5 heterocycles. The molecule has 12 rings (SSSR count). The number of para-hydroxylation sites is 4. The number of fused-ring (bicyclic) bond motifs is 16. The van der Waals surface area contributed by atoms with Crippen molar-refractivity contribution in [1.82, 2.24) is 14.1 Å². The Hall–Kier alpha value is -5.87. The maximum Gasteiger partial charge on any atom is 0.252 e. The predicted molar refractivity (Wildman–Crippen MR) is 195 cm³/mol. The molecule has 0 radical (unpaired) electrons. The minimum atomic E-state index is 0.113. The van der Waals surface area contributed by atoms with E-state index in [0.717, 1.165) is 11.2 Å². The number of aryl methyl sites for hydroxylation is 1. The normalized spacial score (nSPS) is 13.3. The third kappa shape index (κ3) is 2.53. The van der Waals surface area contributed by atoms with Crippen molar-refractivity contribution in [3.8, 4) is 11.4 Å². The van der Waals surface area contributed by atoms with E-state index in [-0.39, 0.29) is 6.71 Å². The van der Waals surface area contributed by atoms with Crippen LogP contribution in [0.15, 0.2) is 127 Å². The summed E-state index contributed by atoms with van der Waals surface area (Å²) in [5.41, 5.74) is 14.0. The van der Waals surface area contributed by atoms with Gasteiger partial charge in [-0.2, -0.15) is 0 Å². The molecule has 0 amide bonds. The highest BCUT2D eigenvalue weighted by Crippen LogP contribution is 2.43. The molecule has 0 saturated heterocycles. The summed E-state index contributed by atoms with van der Waals surface area (Å²) in [5.74, 6) is 0. The van der Waals surface area contributed by atoms with Crippen LogP contribution < -0.4 is 16.4 Å². The molecule has 0 spiro atoms. The molecule has 0 saturated carbocycles. The van der Waals surface area contributed by atoms with E-state index < -0.39 is 0 Å². The van der Waals surface area contributed by atoms with E-state index in [4.69, 9.17) is 4.98 Å². The molecular formula is C42H24BN3. The van der Waals surface area contributed by atoms with Crippen LogP contribution in [0, 0.1) is 6.92 Å². The fourth-order valence-electron chi connectivity index (χ4n) is 9.28. The van der Waals surface area contributed by atoms with E-state index in [2.05, 4.69) is 143 Å². The first-order chi connectivity index (χ1) is 22.8. The van der Waals surface area contributed by atoms with E-state index in [0.29, 0.717) is 0 Å². The minimum absolute atomic E-state index is 0.113. The molecule has 3 nitrogen and oxygen atoms in total. The molecular weight excluding hydrogens is 557 g/mol. The van der Waals surface area contributed by atoms with E-state index in [1.165, 1.54) is 98.3 Å². The van der Waals surface area contributed by atoms with Gasteiger partial charge in [0.25, 0.3) is 6.71 Å². The predicted octanol–water partition coefficient (Wildman–Crippen LogP) is 8.19. The van der Waals surface area contributed by atoms with Crippen LogP contribution in [-0.4, -0.2) is 20.8 Å². The first kappa shape index (κ1) is 23.5. The zero-order chi connectivity index (χ0) is 29.8. The number of hydrogen-bond acceptors (Lipinski definition) is 1. The summed E-state index contributed by atoms with van der Waals surface area (Å²) in [6.07, 6.45) is 0. The second-order valence-electron chi connectivity index (χ2n) is 13.1. The van der Waals surface area contributed by atoms with Gasteiger partial charge in [0, 0.05) is 60.1 Å². The van der Waals surface area contributed by atoms with Crippen LogP contribution >= 0.6 is 0 Å². The van der Waals surface area contributed by atoms with Gasteiger partial charge in [0.2, 0.25) is 0 Å². The molecule has 2 aliphatic rings. The average molecular weight is 581 g/mol. The van der Waals surface area contributed by atoms with Crippen LogP contribution in [0.5, 0.6) is 0 Å². The number of benzene rings is 7. The third-order valence-corrected chi connectivity index (χ3v) is 11.0. The monoisotopic (exact) mass is 581 g/mol. The SMILES string of the molecule is Cc1nc2c3ccccc3ccc2c2cc3c4c(c12)-n1c2ccccc2c2cccc(c21)B4c1cccc2c4ccccc4n-3c12. The first-order valence-corrected chi connectivity index (χ1v) is 16.1. The zero-order valence-corrected chi connectivity index (χ0v) is 25.0. The lowest BCUT2D eigenvalue weighted by atomic mass is 9.34. The first-order valence-electron chi connectivity index (χ1n) is 16.1. The lowest BCUT2D eigenvalue weighted by molar-refractivity contribution is 1.15. The van der Waals surface area contributed by atoms with Gasteiger partial charge in [-0.05, 0) is 52.3 Å². The van der Waals surface area contributed by atoms with Crippen molar-refractivity contribution in [2.75, 3.05) is 0 Å². The third-order valence-electron chi connectivity index (χ3n) is 11.0. The van der Waals surface area contributed by atoms with Crippen LogP contribution in [0.25, 0.3) is 87.4 Å². The van der Waals surface area contributed by atoms with E-state index in [1.807, 2.05) is 0 Å². The molecule has 210 valence electrons. The van der Waals surface area contributed by atoms with Gasteiger partial charge in [-0.25, -0.2) is 0 Å². The Labute approximate surface area is 264 Å². The van der Waals surface area contributed by atoms with Gasteiger partial charge in [0.05, 0.1) is 22.2 Å². The van der Waals surface area contributed by atoms with Gasteiger partial charge >= 0.3 is 0 Å². The molecule has 10 aromatic rings. The molecule has 46 heavy (non-hydrogen) atoms. The van der Waals surface area contributed by atoms with Gasteiger partial charge in [0.1, 0.15) is 0 Å². The Morgan fingerprint density at radius 2 is 1.13 bits per heavy atom. The molecule has 2 aliphatic heterocycles. The lowest BCUT2D eigenvalue weighted by Gasteiger charge is -2.35. The molecule has 3 aromatic heterocycles. The van der Waals surface area contributed by atoms with Crippen molar-refractivity contribution in [3.63, 3.8) is 0 Å². The summed E-state index contributed by atoms with van der Waals surface area (Å²) in [7, 11) is 0. The number of rotatable bonds is 0. The summed E-state index contributed by atoms with van der Waals surface area (Å²) >= 11 is 0. The van der Waals surface area contributed by atoms with E-state index >= 15 is 0 Å². The second kappa shape index (κ2) is 7.85. The highest BCUT2D eigenvalue weighted by molar-refractivity contribution is 7.00. The summed E-state index contributed by atoms with van der Waals surface area (Å²) in [5, 5.41) is 11.4. The number of pyridine rings is 1. The maximum atomic E-state index is 5.43. The van der Waals surface area contributed by atoms with Gasteiger partial charge in [-0.15, -0.1) is 0 Å². The quantitative estimate of drug-likeness (QED) is 0.131. The Balaban J connectivity index is 1.42. The topological polar surface area (TPSA) is 22.8 Å². The van der Waals surface area contributed by atoms with Crippen molar-refractivity contribution in [2.24, 2.45) is 0 Å². The maximum absolute atomic E-state index is 5.43. The van der Waals surface area contributed by atoms with Crippen molar-refractivity contribution >= 4 is 99.2 Å². The molecule has 4 heteroatoms. The second-order valence-corrected chi connectivity index (χ2v) is 13.1. The van der Waals surface area contributed by atoms with Gasteiger partial charge in [-0.3, -0.25) is 4.98 Å². The number of hydrogen-bond donors (Lipinski definition) is 0. The highest BCUT2D eigenvalue weighted by Gasteiger charge is 2.41. The van der Waals surface area contributed by atoms with Crippen molar-refractivity contribution in [2.45, 2.75) is 6.92 Å². The molecule has 0 atom stereocenters. The smallest absolute Gasteiger partial charge is 0.252 e. The molecule has 0 aliphatic carbocycles. The summed E-state index contributed by atoms with van der Waals surface area (Å²) < 4.78 is 5.14. The zero-order valence-electron chi connectivity index (χ0n) is 25.0. The van der Waals surface area contributed by atoms with Crippen molar-refractivity contribution in [3.05, 3.63) is 133 Å². The molecule has 0 unspecified atom stereocenters. The van der Waals surface area contributed by atoms with Crippen LogP contribution in [0.2, 0.25) is 0 Å². The van der Waals surface area contributed by atoms with Gasteiger partial charge in [0.15, 0.2) is 0 Å². The largest absolute Gasteiger partial charge is 0.310 e. The number of aromatic nitrogens is 3. The van der Waals surface area contributed by atoms with E-state index in [1.54, 1.807) is 0 Å². The molecule has 7 aromatic carbocycles. The van der Waals surface area contributed by atoms with Gasteiger partial charge < -0.3 is 9.13 Å². The summed E-state index contributed by atoms with van der Waals surface area (Å²) in [4.78, 5) is 5.43. The molecule has 0 fully saturated rings. The van der Waals surface area contributed by atoms with Crippen molar-refractivity contribution in [1.29, 1.82) is 0 Å². The minimum Gasteiger partial charge on any atom is -0.310 e. The fraction of sp³-hybridized carbons (Fsp3) is 0.0238. The van der Waals surface area contributed by atoms with E-state index in [9.17, 15) is 0 Å². The van der Waals surface area contributed by atoms with Crippen molar-refractivity contribution < 1.29 is 0 Å². The average Bonchev–Trinajstić information content (AvgIpc) is 3.62. The fourth-order valence-corrected chi connectivity index (χ4v) is 9.28. The lowest BCUT2D eigenvalue weighted by Crippen LogP contribution is -2.59. The highest BCUT2D eigenvalue weighted by atomic mass is 15.0. The Morgan fingerprint density at radius 1 is 0.522 bits per heavy atom. The van der Waals surface area contributed by atoms with Crippen LogP contribution in [0.3, 0.4) is 0 Å². The Morgan fingerprint density at radius 3 is 1.87 bits per heavy atom.